The molecule has 12 heavy (non-hydrogen) atoms. The lowest BCUT2D eigenvalue weighted by Gasteiger charge is -2.15. The summed E-state index contributed by atoms with van der Waals surface area (Å²) in [6, 6.07) is 0. The van der Waals surface area contributed by atoms with E-state index in [1.165, 1.54) is 0 Å². The fraction of sp³-hybridized carbons (Fsp3) is 0.875. The summed E-state index contributed by atoms with van der Waals surface area (Å²) in [5.74, 6) is -0.191. The second-order valence-electron chi connectivity index (χ2n) is 2.67. The van der Waals surface area contributed by atoms with Crippen LogP contribution in [0.4, 0.5) is 0 Å². The summed E-state index contributed by atoms with van der Waals surface area (Å²) in [5.41, 5.74) is 0. The van der Waals surface area contributed by atoms with Crippen LogP contribution >= 0.6 is 0 Å². The topological polar surface area (TPSA) is 44.8 Å². The summed E-state index contributed by atoms with van der Waals surface area (Å²) in [7, 11) is 0. The predicted octanol–water partition coefficient (Wildman–Crippen LogP) is 0.701. The Morgan fingerprint density at radius 2 is 2.50 bits per heavy atom. The van der Waals surface area contributed by atoms with E-state index in [2.05, 4.69) is 0 Å². The van der Waals surface area contributed by atoms with E-state index in [0.717, 1.165) is 0 Å². The number of cyclic esters (lactones) is 1. The average Bonchev–Trinajstić information content (AvgIpc) is 2.36. The molecule has 4 nitrogen and oxygen atoms in total. The molecule has 0 aromatic rings. The third-order valence-corrected chi connectivity index (χ3v) is 1.61. The van der Waals surface area contributed by atoms with Crippen molar-refractivity contribution in [2.24, 2.45) is 0 Å². The zero-order chi connectivity index (χ0) is 8.97. The number of esters is 1. The van der Waals surface area contributed by atoms with Crippen LogP contribution in [0.25, 0.3) is 0 Å². The molecule has 1 aliphatic heterocycles. The van der Waals surface area contributed by atoms with Gasteiger partial charge < -0.3 is 14.2 Å². The quantitative estimate of drug-likeness (QED) is 0.465. The molecule has 4 heteroatoms. The Morgan fingerprint density at radius 1 is 1.75 bits per heavy atom. The van der Waals surface area contributed by atoms with Crippen molar-refractivity contribution >= 4 is 5.97 Å². The molecule has 0 aliphatic carbocycles. The van der Waals surface area contributed by atoms with Crippen molar-refractivity contribution in [3.63, 3.8) is 0 Å². The van der Waals surface area contributed by atoms with Crippen LogP contribution in [0.5, 0.6) is 0 Å². The Hall–Kier alpha value is -0.610. The van der Waals surface area contributed by atoms with E-state index in [0.29, 0.717) is 19.6 Å². The van der Waals surface area contributed by atoms with E-state index in [-0.39, 0.29) is 18.4 Å². The molecule has 0 aromatic carbocycles. The molecule has 2 atom stereocenters. The minimum atomic E-state index is -0.255. The number of carbonyl (C=O) groups is 1. The molecule has 0 saturated carbocycles. The molecule has 1 rings (SSSR count). The van der Waals surface area contributed by atoms with E-state index in [9.17, 15) is 4.79 Å². The third-order valence-electron chi connectivity index (χ3n) is 1.61. The first-order chi connectivity index (χ1) is 5.72. The molecule has 1 aliphatic rings. The summed E-state index contributed by atoms with van der Waals surface area (Å²) in [6.07, 6.45) is -0.0363. The van der Waals surface area contributed by atoms with Crippen LogP contribution < -0.4 is 0 Å². The Labute approximate surface area is 71.8 Å². The van der Waals surface area contributed by atoms with E-state index in [1.807, 2.05) is 13.8 Å². The molecule has 1 fully saturated rings. The van der Waals surface area contributed by atoms with Gasteiger partial charge in [-0.15, -0.1) is 0 Å². The maximum atomic E-state index is 10.6. The number of carbonyl (C=O) groups excluding carboxylic acids is 1. The predicted molar refractivity (Wildman–Crippen MR) is 41.5 cm³/mol. The van der Waals surface area contributed by atoms with Gasteiger partial charge in [0.2, 0.25) is 0 Å². The van der Waals surface area contributed by atoms with Crippen molar-refractivity contribution < 1.29 is 19.0 Å². The monoisotopic (exact) mass is 174 g/mol. The van der Waals surface area contributed by atoms with Crippen LogP contribution in [-0.2, 0) is 19.0 Å². The van der Waals surface area contributed by atoms with Crippen LogP contribution in [0.1, 0.15) is 20.3 Å². The fourth-order valence-electron chi connectivity index (χ4n) is 1.12. The molecular weight excluding hydrogens is 160 g/mol. The Bertz CT molecular complexity index is 157. The highest BCUT2D eigenvalue weighted by atomic mass is 16.7. The van der Waals surface area contributed by atoms with Crippen molar-refractivity contribution in [2.45, 2.75) is 32.7 Å². The summed E-state index contributed by atoms with van der Waals surface area (Å²) in [4.78, 5) is 10.6. The normalized spacial score (nSPS) is 25.5. The second-order valence-corrected chi connectivity index (χ2v) is 2.67. The zero-order valence-electron chi connectivity index (χ0n) is 7.41. The van der Waals surface area contributed by atoms with Gasteiger partial charge in [-0.2, -0.15) is 0 Å². The minimum Gasteiger partial charge on any atom is -0.463 e. The molecule has 1 saturated heterocycles. The van der Waals surface area contributed by atoms with Crippen molar-refractivity contribution in [1.29, 1.82) is 0 Å². The molecule has 0 amide bonds. The van der Waals surface area contributed by atoms with Gasteiger partial charge in [0, 0.05) is 6.61 Å². The molecule has 0 radical (unpaired) electrons. The van der Waals surface area contributed by atoms with E-state index >= 15 is 0 Å². The Kier molecular flexibility index (Phi) is 3.49. The molecule has 1 heterocycles. The van der Waals surface area contributed by atoms with E-state index in [4.69, 9.17) is 14.2 Å². The smallest absolute Gasteiger partial charge is 0.308 e. The van der Waals surface area contributed by atoms with E-state index in [1.54, 1.807) is 0 Å². The maximum absolute atomic E-state index is 10.6. The summed E-state index contributed by atoms with van der Waals surface area (Å²) >= 11 is 0. The first-order valence-electron chi connectivity index (χ1n) is 4.15. The zero-order valence-corrected chi connectivity index (χ0v) is 7.41. The largest absolute Gasteiger partial charge is 0.463 e. The lowest BCUT2D eigenvalue weighted by molar-refractivity contribution is -0.156. The van der Waals surface area contributed by atoms with Gasteiger partial charge in [-0.25, -0.2) is 0 Å². The molecule has 0 N–H and O–H groups in total. The van der Waals surface area contributed by atoms with Gasteiger partial charge in [-0.3, -0.25) is 4.79 Å². The third kappa shape index (κ3) is 2.79. The number of ether oxygens (including phenoxy) is 3. The molecular formula is C8H14O4. The summed E-state index contributed by atoms with van der Waals surface area (Å²) in [5, 5.41) is 0. The van der Waals surface area contributed by atoms with Gasteiger partial charge in [0.05, 0.1) is 6.42 Å². The van der Waals surface area contributed by atoms with Crippen LogP contribution in [0.2, 0.25) is 0 Å². The molecule has 0 spiro atoms. The van der Waals surface area contributed by atoms with Gasteiger partial charge in [-0.05, 0) is 13.8 Å². The lowest BCUT2D eigenvalue weighted by atomic mass is 10.3. The van der Waals surface area contributed by atoms with Gasteiger partial charge in [-0.1, -0.05) is 0 Å². The summed E-state index contributed by atoms with van der Waals surface area (Å²) < 4.78 is 15.2. The van der Waals surface area contributed by atoms with Gasteiger partial charge in [0.15, 0.2) is 6.29 Å². The minimum absolute atomic E-state index is 0.126. The Balaban J connectivity index is 2.18. The van der Waals surface area contributed by atoms with Gasteiger partial charge >= 0.3 is 5.97 Å². The number of hydrogen-bond acceptors (Lipinski definition) is 4. The van der Waals surface area contributed by atoms with Crippen molar-refractivity contribution in [3.05, 3.63) is 0 Å². The van der Waals surface area contributed by atoms with Crippen LogP contribution in [0, 0.1) is 0 Å². The van der Waals surface area contributed by atoms with E-state index < -0.39 is 0 Å². The number of hydrogen-bond donors (Lipinski definition) is 0. The molecule has 70 valence electrons. The highest BCUT2D eigenvalue weighted by molar-refractivity contribution is 5.71. The van der Waals surface area contributed by atoms with Gasteiger partial charge in [0.25, 0.3) is 0 Å². The Morgan fingerprint density at radius 3 is 3.00 bits per heavy atom. The van der Waals surface area contributed by atoms with Gasteiger partial charge in [0.1, 0.15) is 12.7 Å². The van der Waals surface area contributed by atoms with Crippen molar-refractivity contribution in [3.8, 4) is 0 Å². The molecule has 0 unspecified atom stereocenters. The van der Waals surface area contributed by atoms with Crippen molar-refractivity contribution in [2.75, 3.05) is 13.2 Å². The van der Waals surface area contributed by atoms with Crippen LogP contribution in [-0.4, -0.2) is 31.6 Å². The molecule has 0 aromatic heterocycles. The maximum Gasteiger partial charge on any atom is 0.308 e. The van der Waals surface area contributed by atoms with Crippen molar-refractivity contribution in [1.82, 2.24) is 0 Å². The van der Waals surface area contributed by atoms with Crippen LogP contribution in [0.3, 0.4) is 0 Å². The SMILES string of the molecule is CCO[C@@H](C)O[C@@H]1COC(=O)C1. The van der Waals surface area contributed by atoms with Crippen LogP contribution in [0.15, 0.2) is 0 Å². The standard InChI is InChI=1S/C8H14O4/c1-3-10-6(2)12-7-4-8(9)11-5-7/h6-7H,3-5H2,1-2H3/t6-,7+/m1/s1. The first kappa shape index (κ1) is 9.48. The second kappa shape index (κ2) is 4.42. The number of rotatable bonds is 4. The highest BCUT2D eigenvalue weighted by Crippen LogP contribution is 2.12. The summed E-state index contributed by atoms with van der Waals surface area (Å²) in [6.45, 7) is 4.68. The molecule has 0 bridgehead atoms. The highest BCUT2D eigenvalue weighted by Gasteiger charge is 2.25. The average molecular weight is 174 g/mol. The lowest BCUT2D eigenvalue weighted by Crippen LogP contribution is -2.22. The fourth-order valence-corrected chi connectivity index (χ4v) is 1.12. The first-order valence-corrected chi connectivity index (χ1v) is 4.15.